The Morgan fingerprint density at radius 2 is 1.89 bits per heavy atom. The van der Waals surface area contributed by atoms with Crippen LogP contribution in [0, 0.1) is 9.49 Å². The molecule has 0 unspecified atom stereocenters. The Bertz CT molecular complexity index is 422. The Morgan fingerprint density at radius 1 is 1.22 bits per heavy atom. The molecule has 1 saturated carbocycles. The highest BCUT2D eigenvalue weighted by atomic mass is 127. The molecule has 0 heterocycles. The van der Waals surface area contributed by atoms with Crippen molar-refractivity contribution < 1.29 is 4.79 Å². The quantitative estimate of drug-likeness (QED) is 0.786. The average Bonchev–Trinajstić information content (AvgIpc) is 2.85. The molecule has 0 saturated heterocycles. The largest absolute Gasteiger partial charge is 0.323 e. The standard InChI is InChI=1S/C14H17IN2O/c15-12-5-7-13(8-6-12)17-14(18)16-10-9-11-3-1-2-4-11/h5-11H,1-4H2,(H2,16,17,18)/b10-9+. The molecule has 0 atom stereocenters. The Hall–Kier alpha value is -1.04. The minimum Gasteiger partial charge on any atom is -0.315 e. The fourth-order valence-corrected chi connectivity index (χ4v) is 2.47. The van der Waals surface area contributed by atoms with Crippen LogP contribution in [0.15, 0.2) is 36.5 Å². The maximum absolute atomic E-state index is 11.6. The summed E-state index contributed by atoms with van der Waals surface area (Å²) in [6.07, 6.45) is 8.97. The van der Waals surface area contributed by atoms with Gasteiger partial charge in [-0.05, 0) is 65.6 Å². The van der Waals surface area contributed by atoms with Gasteiger partial charge in [-0.2, -0.15) is 0 Å². The van der Waals surface area contributed by atoms with Crippen LogP contribution in [-0.2, 0) is 0 Å². The van der Waals surface area contributed by atoms with Crippen molar-refractivity contribution in [3.05, 3.63) is 40.1 Å². The lowest BCUT2D eigenvalue weighted by atomic mass is 10.1. The van der Waals surface area contributed by atoms with Gasteiger partial charge in [0.05, 0.1) is 0 Å². The van der Waals surface area contributed by atoms with Gasteiger partial charge >= 0.3 is 6.03 Å². The molecule has 3 nitrogen and oxygen atoms in total. The van der Waals surface area contributed by atoms with E-state index >= 15 is 0 Å². The van der Waals surface area contributed by atoms with Gasteiger partial charge in [0.1, 0.15) is 0 Å². The Balaban J connectivity index is 1.76. The number of urea groups is 1. The van der Waals surface area contributed by atoms with E-state index in [4.69, 9.17) is 0 Å². The second-order valence-electron chi connectivity index (χ2n) is 4.51. The van der Waals surface area contributed by atoms with Crippen LogP contribution < -0.4 is 10.6 Å². The fraction of sp³-hybridized carbons (Fsp3) is 0.357. The van der Waals surface area contributed by atoms with Crippen LogP contribution in [0.1, 0.15) is 25.7 Å². The first kappa shape index (κ1) is 13.4. The first-order valence-electron chi connectivity index (χ1n) is 6.24. The smallest absolute Gasteiger partial charge is 0.315 e. The fourth-order valence-electron chi connectivity index (χ4n) is 2.11. The SMILES string of the molecule is O=C(N/C=C/C1CCCC1)Nc1ccc(I)cc1. The minimum atomic E-state index is -0.189. The van der Waals surface area contributed by atoms with Crippen LogP contribution in [0.25, 0.3) is 0 Å². The number of hydrogen-bond acceptors (Lipinski definition) is 1. The average molecular weight is 356 g/mol. The van der Waals surface area contributed by atoms with Crippen LogP contribution in [0.3, 0.4) is 0 Å². The molecule has 1 fully saturated rings. The summed E-state index contributed by atoms with van der Waals surface area (Å²) >= 11 is 2.23. The van der Waals surface area contributed by atoms with E-state index < -0.39 is 0 Å². The molecular weight excluding hydrogens is 339 g/mol. The van der Waals surface area contributed by atoms with E-state index in [1.165, 1.54) is 25.7 Å². The van der Waals surface area contributed by atoms with Gasteiger partial charge in [-0.15, -0.1) is 0 Å². The van der Waals surface area contributed by atoms with E-state index in [2.05, 4.69) is 39.3 Å². The van der Waals surface area contributed by atoms with Gasteiger partial charge in [-0.3, -0.25) is 0 Å². The maximum atomic E-state index is 11.6. The topological polar surface area (TPSA) is 41.1 Å². The van der Waals surface area contributed by atoms with E-state index in [0.717, 1.165) is 9.26 Å². The second kappa shape index (κ2) is 6.78. The summed E-state index contributed by atoms with van der Waals surface area (Å²) in [4.78, 5) is 11.6. The van der Waals surface area contributed by atoms with Gasteiger partial charge in [0, 0.05) is 15.5 Å². The van der Waals surface area contributed by atoms with Crippen molar-refractivity contribution in [1.82, 2.24) is 5.32 Å². The van der Waals surface area contributed by atoms with Gasteiger partial charge < -0.3 is 10.6 Å². The predicted molar refractivity (Wildman–Crippen MR) is 82.4 cm³/mol. The Morgan fingerprint density at radius 3 is 2.56 bits per heavy atom. The molecule has 1 aromatic carbocycles. The van der Waals surface area contributed by atoms with Gasteiger partial charge in [0.2, 0.25) is 0 Å². The van der Waals surface area contributed by atoms with Crippen LogP contribution in [0.4, 0.5) is 10.5 Å². The van der Waals surface area contributed by atoms with Gasteiger partial charge in [0.15, 0.2) is 0 Å². The van der Waals surface area contributed by atoms with Crippen molar-refractivity contribution >= 4 is 34.3 Å². The number of amides is 2. The molecule has 18 heavy (non-hydrogen) atoms. The second-order valence-corrected chi connectivity index (χ2v) is 5.75. The highest BCUT2D eigenvalue weighted by Crippen LogP contribution is 2.25. The van der Waals surface area contributed by atoms with E-state index in [9.17, 15) is 4.79 Å². The Kier molecular flexibility index (Phi) is 5.04. The van der Waals surface area contributed by atoms with Crippen molar-refractivity contribution in [3.8, 4) is 0 Å². The number of rotatable bonds is 3. The van der Waals surface area contributed by atoms with E-state index in [-0.39, 0.29) is 6.03 Å². The lowest BCUT2D eigenvalue weighted by molar-refractivity contribution is 0.255. The molecule has 0 bridgehead atoms. The number of anilines is 1. The number of nitrogens with one attached hydrogen (secondary N) is 2. The molecule has 2 amide bonds. The predicted octanol–water partition coefficient (Wildman–Crippen LogP) is 4.12. The Labute approximate surface area is 121 Å². The van der Waals surface area contributed by atoms with Gasteiger partial charge in [0.25, 0.3) is 0 Å². The van der Waals surface area contributed by atoms with Crippen molar-refractivity contribution in [2.45, 2.75) is 25.7 Å². The first-order valence-corrected chi connectivity index (χ1v) is 7.32. The molecule has 0 aromatic heterocycles. The molecular formula is C14H17IN2O. The van der Waals surface area contributed by atoms with Crippen molar-refractivity contribution in [2.24, 2.45) is 5.92 Å². The monoisotopic (exact) mass is 356 g/mol. The number of halogens is 1. The summed E-state index contributed by atoms with van der Waals surface area (Å²) in [5.74, 6) is 0.642. The zero-order valence-corrected chi connectivity index (χ0v) is 12.3. The summed E-state index contributed by atoms with van der Waals surface area (Å²) in [6, 6.07) is 7.52. The van der Waals surface area contributed by atoms with Gasteiger partial charge in [-0.1, -0.05) is 18.9 Å². The number of hydrogen-bond donors (Lipinski definition) is 2. The van der Waals surface area contributed by atoms with E-state index in [1.54, 1.807) is 6.20 Å². The van der Waals surface area contributed by atoms with Crippen molar-refractivity contribution in [1.29, 1.82) is 0 Å². The zero-order valence-electron chi connectivity index (χ0n) is 10.2. The number of benzene rings is 1. The van der Waals surface area contributed by atoms with E-state index in [1.807, 2.05) is 24.3 Å². The maximum Gasteiger partial charge on any atom is 0.323 e. The first-order chi connectivity index (χ1) is 8.74. The highest BCUT2D eigenvalue weighted by molar-refractivity contribution is 14.1. The molecule has 2 N–H and O–H groups in total. The van der Waals surface area contributed by atoms with E-state index in [0.29, 0.717) is 5.92 Å². The molecule has 0 aliphatic heterocycles. The summed E-state index contributed by atoms with van der Waals surface area (Å²) < 4.78 is 1.15. The summed E-state index contributed by atoms with van der Waals surface area (Å²) in [5.41, 5.74) is 0.808. The number of carbonyl (C=O) groups is 1. The van der Waals surface area contributed by atoms with Crippen LogP contribution in [-0.4, -0.2) is 6.03 Å². The molecule has 1 aromatic rings. The lowest BCUT2D eigenvalue weighted by Gasteiger charge is -2.05. The lowest BCUT2D eigenvalue weighted by Crippen LogP contribution is -2.23. The highest BCUT2D eigenvalue weighted by Gasteiger charge is 2.11. The normalized spacial score (nSPS) is 16.1. The molecule has 0 radical (unpaired) electrons. The number of carbonyl (C=O) groups excluding carboxylic acids is 1. The molecule has 0 spiro atoms. The summed E-state index contributed by atoms with van der Waals surface area (Å²) in [5, 5.41) is 5.53. The zero-order chi connectivity index (χ0) is 12.8. The third-order valence-corrected chi connectivity index (χ3v) is 3.80. The van der Waals surface area contributed by atoms with Crippen molar-refractivity contribution in [3.63, 3.8) is 0 Å². The molecule has 1 aliphatic carbocycles. The third kappa shape index (κ3) is 4.33. The van der Waals surface area contributed by atoms with Gasteiger partial charge in [-0.25, -0.2) is 4.79 Å². The molecule has 1 aliphatic rings. The molecule has 96 valence electrons. The molecule has 2 rings (SSSR count). The minimum absolute atomic E-state index is 0.189. The summed E-state index contributed by atoms with van der Waals surface area (Å²) in [6.45, 7) is 0. The van der Waals surface area contributed by atoms with Crippen molar-refractivity contribution in [2.75, 3.05) is 5.32 Å². The molecule has 4 heteroatoms. The number of allylic oxidation sites excluding steroid dienone is 1. The van der Waals surface area contributed by atoms with Crippen LogP contribution >= 0.6 is 22.6 Å². The van der Waals surface area contributed by atoms with Crippen LogP contribution in [0.2, 0.25) is 0 Å². The third-order valence-electron chi connectivity index (χ3n) is 3.08. The summed E-state index contributed by atoms with van der Waals surface area (Å²) in [7, 11) is 0. The van der Waals surface area contributed by atoms with Crippen LogP contribution in [0.5, 0.6) is 0 Å².